The number of nitriles is 1. The number of nitrogens with zero attached hydrogens (tertiary/aromatic N) is 2. The molecule has 148 valence electrons. The number of aliphatic hydroxyl groups excluding tert-OH is 2. The SMILES string of the molecule is CCN(CC)c1ccc2cc(/C(C)=C(\C#N)C(=O)NCC(O)CO)ccc2c1. The molecule has 0 fully saturated rings. The fourth-order valence-corrected chi connectivity index (χ4v) is 3.06. The van der Waals surface area contributed by atoms with Crippen molar-refractivity contribution in [2.24, 2.45) is 0 Å². The highest BCUT2D eigenvalue weighted by Gasteiger charge is 2.15. The molecular weight excluding hydrogens is 354 g/mol. The zero-order chi connectivity index (χ0) is 20.7. The third-order valence-corrected chi connectivity index (χ3v) is 4.81. The van der Waals surface area contributed by atoms with Crippen LogP contribution in [0, 0.1) is 11.3 Å². The van der Waals surface area contributed by atoms with Gasteiger partial charge in [-0.3, -0.25) is 4.79 Å². The van der Waals surface area contributed by atoms with Crippen LogP contribution >= 0.6 is 0 Å². The van der Waals surface area contributed by atoms with Gasteiger partial charge in [-0.25, -0.2) is 0 Å². The van der Waals surface area contributed by atoms with Gasteiger partial charge in [0, 0.05) is 25.3 Å². The molecule has 28 heavy (non-hydrogen) atoms. The Morgan fingerprint density at radius 1 is 1.18 bits per heavy atom. The van der Waals surface area contributed by atoms with E-state index in [0.29, 0.717) is 5.57 Å². The lowest BCUT2D eigenvalue weighted by atomic mass is 9.98. The molecular formula is C22H27N3O3. The molecule has 1 amide bonds. The van der Waals surface area contributed by atoms with E-state index in [-0.39, 0.29) is 12.1 Å². The third-order valence-electron chi connectivity index (χ3n) is 4.81. The Kier molecular flexibility index (Phi) is 7.56. The lowest BCUT2D eigenvalue weighted by Gasteiger charge is -2.21. The number of nitrogens with one attached hydrogen (secondary N) is 1. The lowest BCUT2D eigenvalue weighted by Crippen LogP contribution is -2.34. The summed E-state index contributed by atoms with van der Waals surface area (Å²) in [4.78, 5) is 14.5. The van der Waals surface area contributed by atoms with E-state index in [0.717, 1.165) is 35.1 Å². The number of rotatable bonds is 8. The molecule has 0 bridgehead atoms. The van der Waals surface area contributed by atoms with Crippen molar-refractivity contribution >= 4 is 27.9 Å². The van der Waals surface area contributed by atoms with E-state index >= 15 is 0 Å². The zero-order valence-electron chi connectivity index (χ0n) is 16.6. The standard InChI is InChI=1S/C22H27N3O3/c1-4-25(5-2)19-9-8-17-10-16(6-7-18(17)11-19)15(3)21(12-23)22(28)24-13-20(27)14-26/h6-11,20,26-27H,4-5,13-14H2,1-3H3,(H,24,28)/b21-15+. The van der Waals surface area contributed by atoms with Gasteiger partial charge in [-0.1, -0.05) is 18.2 Å². The van der Waals surface area contributed by atoms with Crippen LogP contribution < -0.4 is 10.2 Å². The van der Waals surface area contributed by atoms with Gasteiger partial charge in [-0.15, -0.1) is 0 Å². The first kappa shape index (κ1) is 21.4. The molecule has 6 heteroatoms. The highest BCUT2D eigenvalue weighted by molar-refractivity contribution is 6.05. The Hall–Kier alpha value is -2.88. The van der Waals surface area contributed by atoms with Crippen molar-refractivity contribution < 1.29 is 15.0 Å². The number of anilines is 1. The van der Waals surface area contributed by atoms with Crippen molar-refractivity contribution in [1.29, 1.82) is 5.26 Å². The summed E-state index contributed by atoms with van der Waals surface area (Å²) in [6.45, 7) is 7.29. The maximum atomic E-state index is 12.3. The van der Waals surface area contributed by atoms with Crippen LogP contribution in [0.4, 0.5) is 5.69 Å². The van der Waals surface area contributed by atoms with Crippen molar-refractivity contribution in [1.82, 2.24) is 5.32 Å². The topological polar surface area (TPSA) is 96.6 Å². The average Bonchev–Trinajstić information content (AvgIpc) is 2.72. The molecule has 0 spiro atoms. The minimum Gasteiger partial charge on any atom is -0.394 e. The van der Waals surface area contributed by atoms with E-state index in [4.69, 9.17) is 5.11 Å². The van der Waals surface area contributed by atoms with Crippen LogP contribution in [-0.4, -0.2) is 48.5 Å². The first-order valence-electron chi connectivity index (χ1n) is 9.42. The van der Waals surface area contributed by atoms with Crippen LogP contribution in [0.25, 0.3) is 16.3 Å². The summed E-state index contributed by atoms with van der Waals surface area (Å²) in [6.07, 6.45) is -1.05. The van der Waals surface area contributed by atoms with Gasteiger partial charge in [0.25, 0.3) is 5.91 Å². The van der Waals surface area contributed by atoms with E-state index in [9.17, 15) is 15.2 Å². The third kappa shape index (κ3) is 4.89. The molecule has 0 radical (unpaired) electrons. The fraction of sp³-hybridized carbons (Fsp3) is 0.364. The Balaban J connectivity index is 2.34. The summed E-state index contributed by atoms with van der Waals surface area (Å²) in [7, 11) is 0. The molecule has 0 aliphatic heterocycles. The number of hydrogen-bond acceptors (Lipinski definition) is 5. The van der Waals surface area contributed by atoms with Gasteiger partial charge in [-0.2, -0.15) is 5.26 Å². The summed E-state index contributed by atoms with van der Waals surface area (Å²) in [5.74, 6) is -0.565. The number of carbonyl (C=O) groups is 1. The Labute approximate surface area is 165 Å². The zero-order valence-corrected chi connectivity index (χ0v) is 16.6. The second-order valence-corrected chi connectivity index (χ2v) is 6.58. The number of allylic oxidation sites excluding steroid dienone is 1. The van der Waals surface area contributed by atoms with Crippen molar-refractivity contribution in [2.45, 2.75) is 26.9 Å². The van der Waals surface area contributed by atoms with E-state index in [1.54, 1.807) is 6.92 Å². The number of benzene rings is 2. The van der Waals surface area contributed by atoms with Gasteiger partial charge >= 0.3 is 0 Å². The molecule has 1 unspecified atom stereocenters. The number of carbonyl (C=O) groups excluding carboxylic acids is 1. The summed E-state index contributed by atoms with van der Waals surface area (Å²) in [6, 6.07) is 14.1. The molecule has 0 saturated heterocycles. The second-order valence-electron chi connectivity index (χ2n) is 6.58. The first-order valence-corrected chi connectivity index (χ1v) is 9.42. The summed E-state index contributed by atoms with van der Waals surface area (Å²) >= 11 is 0. The highest BCUT2D eigenvalue weighted by atomic mass is 16.3. The largest absolute Gasteiger partial charge is 0.394 e. The molecule has 0 saturated carbocycles. The maximum Gasteiger partial charge on any atom is 0.262 e. The molecule has 2 rings (SSSR count). The number of fused-ring (bicyclic) bond motifs is 1. The first-order chi connectivity index (χ1) is 13.4. The molecule has 3 N–H and O–H groups in total. The van der Waals surface area contributed by atoms with E-state index in [1.807, 2.05) is 30.3 Å². The normalized spacial score (nSPS) is 12.9. The van der Waals surface area contributed by atoms with Crippen LogP contribution in [0.15, 0.2) is 42.0 Å². The maximum absolute atomic E-state index is 12.3. The molecule has 1 atom stereocenters. The van der Waals surface area contributed by atoms with Crippen LogP contribution in [-0.2, 0) is 4.79 Å². The van der Waals surface area contributed by atoms with Crippen LogP contribution in [0.1, 0.15) is 26.3 Å². The molecule has 0 aliphatic carbocycles. The van der Waals surface area contributed by atoms with Gasteiger partial charge in [0.1, 0.15) is 11.6 Å². The average molecular weight is 381 g/mol. The Bertz CT molecular complexity index is 911. The molecule has 2 aromatic rings. The summed E-state index contributed by atoms with van der Waals surface area (Å²) in [5.41, 5.74) is 2.51. The number of aliphatic hydroxyl groups is 2. The molecule has 2 aromatic carbocycles. The number of amides is 1. The van der Waals surface area contributed by atoms with E-state index < -0.39 is 18.6 Å². The lowest BCUT2D eigenvalue weighted by molar-refractivity contribution is -0.117. The minimum atomic E-state index is -1.05. The van der Waals surface area contributed by atoms with Crippen LogP contribution in [0.3, 0.4) is 0 Å². The van der Waals surface area contributed by atoms with Crippen LogP contribution in [0.2, 0.25) is 0 Å². The summed E-state index contributed by atoms with van der Waals surface area (Å²) < 4.78 is 0. The highest BCUT2D eigenvalue weighted by Crippen LogP contribution is 2.27. The molecule has 0 heterocycles. The van der Waals surface area contributed by atoms with Crippen molar-refractivity contribution in [3.63, 3.8) is 0 Å². The van der Waals surface area contributed by atoms with Crippen LogP contribution in [0.5, 0.6) is 0 Å². The summed E-state index contributed by atoms with van der Waals surface area (Å²) in [5, 5.41) is 32.2. The predicted molar refractivity (Wildman–Crippen MR) is 112 cm³/mol. The van der Waals surface area contributed by atoms with Gasteiger partial charge < -0.3 is 20.4 Å². The number of hydrogen-bond donors (Lipinski definition) is 3. The van der Waals surface area contributed by atoms with Gasteiger partial charge in [0.15, 0.2) is 0 Å². The smallest absolute Gasteiger partial charge is 0.262 e. The quantitative estimate of drug-likeness (QED) is 0.482. The monoisotopic (exact) mass is 381 g/mol. The van der Waals surface area contributed by atoms with E-state index in [2.05, 4.69) is 36.2 Å². The minimum absolute atomic E-state index is 0.00995. The Morgan fingerprint density at radius 2 is 1.82 bits per heavy atom. The van der Waals surface area contributed by atoms with Crippen molar-refractivity contribution in [2.75, 3.05) is 31.1 Å². The van der Waals surface area contributed by atoms with Gasteiger partial charge in [0.2, 0.25) is 0 Å². The predicted octanol–water partition coefficient (Wildman–Crippen LogP) is 2.45. The van der Waals surface area contributed by atoms with Gasteiger partial charge in [0.05, 0.1) is 12.7 Å². The van der Waals surface area contributed by atoms with Gasteiger partial charge in [-0.05, 0) is 60.9 Å². The Morgan fingerprint density at radius 3 is 2.43 bits per heavy atom. The molecule has 0 aliphatic rings. The second kappa shape index (κ2) is 9.88. The molecule has 6 nitrogen and oxygen atoms in total. The van der Waals surface area contributed by atoms with E-state index in [1.165, 1.54) is 0 Å². The molecule has 0 aromatic heterocycles. The van der Waals surface area contributed by atoms with Crippen molar-refractivity contribution in [3.05, 3.63) is 47.5 Å². The van der Waals surface area contributed by atoms with Crippen molar-refractivity contribution in [3.8, 4) is 6.07 Å². The fourth-order valence-electron chi connectivity index (χ4n) is 3.06.